The number of carbonyl (C=O) groups excluding carboxylic acids is 1. The molecule has 0 aliphatic carbocycles. The van der Waals surface area contributed by atoms with Crippen LogP contribution in [0, 0.1) is 10.1 Å². The maximum absolute atomic E-state index is 12.9. The summed E-state index contributed by atoms with van der Waals surface area (Å²) < 4.78 is 3.54. The lowest BCUT2D eigenvalue weighted by Crippen LogP contribution is -2.25. The van der Waals surface area contributed by atoms with Gasteiger partial charge in [-0.1, -0.05) is 30.3 Å². The van der Waals surface area contributed by atoms with Gasteiger partial charge in [0.1, 0.15) is 6.54 Å². The second kappa shape index (κ2) is 10.1. The lowest BCUT2D eigenvalue weighted by atomic mass is 10.1. The van der Waals surface area contributed by atoms with Gasteiger partial charge in [-0.2, -0.15) is 5.10 Å². The normalized spacial score (nSPS) is 11.4. The van der Waals surface area contributed by atoms with Crippen LogP contribution in [0.2, 0.25) is 0 Å². The van der Waals surface area contributed by atoms with E-state index in [-0.39, 0.29) is 17.7 Å². The molecule has 0 saturated carbocycles. The molecule has 0 saturated heterocycles. The van der Waals surface area contributed by atoms with Gasteiger partial charge in [0.25, 0.3) is 11.6 Å². The van der Waals surface area contributed by atoms with E-state index in [9.17, 15) is 19.7 Å². The zero-order chi connectivity index (χ0) is 25.9. The van der Waals surface area contributed by atoms with Crippen molar-refractivity contribution in [3.8, 4) is 0 Å². The summed E-state index contributed by atoms with van der Waals surface area (Å²) in [6, 6.07) is 18.9. The minimum Gasteiger partial charge on any atom is -0.331 e. The van der Waals surface area contributed by atoms with Crippen molar-refractivity contribution < 1.29 is 9.72 Å². The van der Waals surface area contributed by atoms with E-state index in [0.29, 0.717) is 37.4 Å². The number of hydrazone groups is 1. The summed E-state index contributed by atoms with van der Waals surface area (Å²) in [5, 5.41) is 17.3. The zero-order valence-corrected chi connectivity index (χ0v) is 20.4. The molecular weight excluding hydrogens is 492 g/mol. The number of para-hydroxylation sites is 2. The Bertz CT molecular complexity index is 1700. The van der Waals surface area contributed by atoms with Crippen molar-refractivity contribution in [3.05, 3.63) is 105 Å². The van der Waals surface area contributed by atoms with E-state index in [2.05, 4.69) is 15.5 Å². The Balaban J connectivity index is 1.36. The number of nitro benzene ring substituents is 1. The van der Waals surface area contributed by atoms with E-state index >= 15 is 0 Å². The second-order valence-corrected chi connectivity index (χ2v) is 9.16. The molecule has 184 valence electrons. The van der Waals surface area contributed by atoms with E-state index in [1.165, 1.54) is 24.0 Å². The first-order valence-electron chi connectivity index (χ1n) is 11.2. The third-order valence-electron chi connectivity index (χ3n) is 5.74. The van der Waals surface area contributed by atoms with Crippen LogP contribution >= 0.6 is 11.8 Å². The number of aryl methyl sites for hydroxylation is 1. The smallest absolute Gasteiger partial charge is 0.283 e. The van der Waals surface area contributed by atoms with Gasteiger partial charge in [0.15, 0.2) is 10.6 Å². The highest BCUT2D eigenvalue weighted by molar-refractivity contribution is 7.99. The van der Waals surface area contributed by atoms with Crippen LogP contribution in [-0.4, -0.2) is 31.2 Å². The molecule has 0 aliphatic heterocycles. The van der Waals surface area contributed by atoms with Crippen LogP contribution in [0.1, 0.15) is 5.56 Å². The van der Waals surface area contributed by atoms with Crippen LogP contribution in [0.4, 0.5) is 5.69 Å². The molecule has 3 aromatic carbocycles. The number of nitrogens with one attached hydrogen (secondary N) is 1. The number of nitrogens with zero attached hydrogens (tertiary/aromatic N) is 5. The summed E-state index contributed by atoms with van der Waals surface area (Å²) in [5.41, 5.74) is 4.03. The number of imidazole rings is 1. The van der Waals surface area contributed by atoms with Crippen molar-refractivity contribution in [1.82, 2.24) is 19.5 Å². The molecular formula is C26H20N6O4S. The predicted octanol–water partition coefficient (Wildman–Crippen LogP) is 4.10. The highest BCUT2D eigenvalue weighted by Crippen LogP contribution is 2.34. The quantitative estimate of drug-likeness (QED) is 0.152. The van der Waals surface area contributed by atoms with Gasteiger partial charge in [-0.05, 0) is 42.1 Å². The molecule has 0 aliphatic rings. The van der Waals surface area contributed by atoms with Gasteiger partial charge >= 0.3 is 0 Å². The lowest BCUT2D eigenvalue weighted by Gasteiger charge is -2.14. The first-order valence-corrected chi connectivity index (χ1v) is 12.0. The van der Waals surface area contributed by atoms with E-state index < -0.39 is 10.8 Å². The molecule has 0 spiro atoms. The Morgan fingerprint density at radius 2 is 1.78 bits per heavy atom. The fourth-order valence-corrected chi connectivity index (χ4v) is 4.89. The number of carbonyl (C=O) groups is 1. The van der Waals surface area contributed by atoms with Crippen molar-refractivity contribution in [2.45, 2.75) is 16.6 Å². The van der Waals surface area contributed by atoms with Gasteiger partial charge in [-0.25, -0.2) is 10.4 Å². The Labute approximate surface area is 214 Å². The summed E-state index contributed by atoms with van der Waals surface area (Å²) in [4.78, 5) is 41.4. The average molecular weight is 513 g/mol. The van der Waals surface area contributed by atoms with Gasteiger partial charge < -0.3 is 9.13 Å². The Kier molecular flexibility index (Phi) is 6.52. The van der Waals surface area contributed by atoms with Crippen LogP contribution in [0.3, 0.4) is 0 Å². The molecule has 0 atom stereocenters. The third-order valence-corrected chi connectivity index (χ3v) is 6.88. The molecule has 10 nitrogen and oxygen atoms in total. The molecule has 2 heterocycles. The largest absolute Gasteiger partial charge is 0.331 e. The van der Waals surface area contributed by atoms with Crippen molar-refractivity contribution in [3.63, 3.8) is 0 Å². The van der Waals surface area contributed by atoms with E-state index in [1.807, 2.05) is 19.2 Å². The fraction of sp³-hybridized carbons (Fsp3) is 0.0769. The highest BCUT2D eigenvalue weighted by Gasteiger charge is 2.17. The molecule has 2 aromatic heterocycles. The van der Waals surface area contributed by atoms with Gasteiger partial charge in [0.2, 0.25) is 0 Å². The molecule has 5 aromatic rings. The van der Waals surface area contributed by atoms with Crippen LogP contribution in [0.5, 0.6) is 0 Å². The van der Waals surface area contributed by atoms with Crippen LogP contribution in [-0.2, 0) is 18.4 Å². The van der Waals surface area contributed by atoms with Crippen LogP contribution < -0.4 is 10.9 Å². The monoisotopic (exact) mass is 512 g/mol. The Morgan fingerprint density at radius 3 is 2.41 bits per heavy atom. The first kappa shape index (κ1) is 23.9. The molecule has 5 rings (SSSR count). The number of rotatable bonds is 7. The third kappa shape index (κ3) is 4.84. The standard InChI is InChI=1S/C26H20N6O4S/c1-30-13-12-27-26(30)37-23-11-10-17(14-22(23)32(35)36)15-28-29-24(33)16-31-20-8-4-2-6-18(20)25(34)19-7-3-5-9-21(19)31/h2-15H,16H2,1H3,(H,29,33)/b28-15+. The van der Waals surface area contributed by atoms with Crippen molar-refractivity contribution >= 4 is 51.4 Å². The van der Waals surface area contributed by atoms with Gasteiger partial charge in [-0.15, -0.1) is 0 Å². The van der Waals surface area contributed by atoms with Gasteiger partial charge in [0.05, 0.1) is 27.1 Å². The minimum atomic E-state index is -0.465. The number of hydrogen-bond acceptors (Lipinski definition) is 7. The predicted molar refractivity (Wildman–Crippen MR) is 142 cm³/mol. The Morgan fingerprint density at radius 1 is 1.11 bits per heavy atom. The molecule has 11 heteroatoms. The number of hydrogen-bond donors (Lipinski definition) is 1. The van der Waals surface area contributed by atoms with Crippen molar-refractivity contribution in [2.24, 2.45) is 12.1 Å². The fourth-order valence-electron chi connectivity index (χ4n) is 4.00. The van der Waals surface area contributed by atoms with Crippen LogP contribution in [0.15, 0.2) is 99.1 Å². The van der Waals surface area contributed by atoms with E-state index in [0.717, 1.165) is 0 Å². The summed E-state index contributed by atoms with van der Waals surface area (Å²) in [6.07, 6.45) is 4.73. The molecule has 0 bridgehead atoms. The minimum absolute atomic E-state index is 0.0714. The number of aromatic nitrogens is 3. The topological polar surface area (TPSA) is 124 Å². The van der Waals surface area contributed by atoms with E-state index in [4.69, 9.17) is 0 Å². The van der Waals surface area contributed by atoms with Crippen LogP contribution in [0.25, 0.3) is 21.8 Å². The first-order chi connectivity index (χ1) is 17.9. The lowest BCUT2D eigenvalue weighted by molar-refractivity contribution is -0.387. The molecule has 0 radical (unpaired) electrons. The summed E-state index contributed by atoms with van der Waals surface area (Å²) >= 11 is 1.19. The summed E-state index contributed by atoms with van der Waals surface area (Å²) in [5.74, 6) is -0.410. The van der Waals surface area contributed by atoms with E-state index in [1.54, 1.807) is 70.1 Å². The summed E-state index contributed by atoms with van der Waals surface area (Å²) in [6.45, 7) is -0.0714. The van der Waals surface area contributed by atoms with Crippen molar-refractivity contribution in [2.75, 3.05) is 0 Å². The number of fused-ring (bicyclic) bond motifs is 2. The Hall–Kier alpha value is -4.77. The zero-order valence-electron chi connectivity index (χ0n) is 19.6. The maximum Gasteiger partial charge on any atom is 0.283 e. The van der Waals surface area contributed by atoms with Crippen molar-refractivity contribution in [1.29, 1.82) is 0 Å². The van der Waals surface area contributed by atoms with Gasteiger partial charge in [-0.3, -0.25) is 19.7 Å². The molecule has 37 heavy (non-hydrogen) atoms. The second-order valence-electron chi connectivity index (χ2n) is 8.15. The molecule has 1 N–H and O–H groups in total. The number of amides is 1. The summed E-state index contributed by atoms with van der Waals surface area (Å²) in [7, 11) is 1.81. The average Bonchev–Trinajstić information content (AvgIpc) is 3.31. The number of benzene rings is 3. The molecule has 0 unspecified atom stereocenters. The number of pyridine rings is 1. The molecule has 1 amide bonds. The highest BCUT2D eigenvalue weighted by atomic mass is 32.2. The maximum atomic E-state index is 12.9. The van der Waals surface area contributed by atoms with Gasteiger partial charge in [0, 0.05) is 41.8 Å². The molecule has 0 fully saturated rings. The SMILES string of the molecule is Cn1ccnc1Sc1ccc(/C=N/NC(=O)Cn2c3ccccc3c(=O)c3ccccc32)cc1[N+](=O)[O-]. The number of nitro groups is 1.